The van der Waals surface area contributed by atoms with E-state index in [1.54, 1.807) is 29.1 Å². The third kappa shape index (κ3) is 3.06. The SMILES string of the molecule is Fc1c(Cl)cccc1CNc1ccc(-n2cccn2)cc1. The molecule has 0 saturated heterocycles. The molecule has 0 radical (unpaired) electrons. The maximum Gasteiger partial charge on any atom is 0.146 e. The first kappa shape index (κ1) is 13.6. The van der Waals surface area contributed by atoms with Crippen LogP contribution in [0, 0.1) is 5.82 Å². The Morgan fingerprint density at radius 3 is 2.62 bits per heavy atom. The highest BCUT2D eigenvalue weighted by molar-refractivity contribution is 6.30. The van der Waals surface area contributed by atoms with E-state index >= 15 is 0 Å². The van der Waals surface area contributed by atoms with Gasteiger partial charge in [0.05, 0.1) is 10.7 Å². The van der Waals surface area contributed by atoms with Gasteiger partial charge in [-0.3, -0.25) is 0 Å². The Labute approximate surface area is 127 Å². The molecule has 1 aromatic heterocycles. The van der Waals surface area contributed by atoms with Gasteiger partial charge in [0.15, 0.2) is 0 Å². The number of hydrogen-bond donors (Lipinski definition) is 1. The van der Waals surface area contributed by atoms with Gasteiger partial charge in [-0.15, -0.1) is 0 Å². The first-order valence-corrected chi connectivity index (χ1v) is 6.89. The molecule has 0 fully saturated rings. The Morgan fingerprint density at radius 2 is 1.90 bits per heavy atom. The summed E-state index contributed by atoms with van der Waals surface area (Å²) in [4.78, 5) is 0. The molecule has 1 N–H and O–H groups in total. The van der Waals surface area contributed by atoms with Crippen molar-refractivity contribution in [2.45, 2.75) is 6.54 Å². The van der Waals surface area contributed by atoms with Gasteiger partial charge in [-0.1, -0.05) is 23.7 Å². The number of anilines is 1. The monoisotopic (exact) mass is 301 g/mol. The summed E-state index contributed by atoms with van der Waals surface area (Å²) in [6.45, 7) is 0.382. The van der Waals surface area contributed by atoms with Gasteiger partial charge in [-0.25, -0.2) is 9.07 Å². The maximum atomic E-state index is 13.8. The van der Waals surface area contributed by atoms with E-state index in [2.05, 4.69) is 10.4 Å². The van der Waals surface area contributed by atoms with Crippen LogP contribution < -0.4 is 5.32 Å². The molecule has 106 valence electrons. The van der Waals surface area contributed by atoms with Crippen LogP contribution in [0.1, 0.15) is 5.56 Å². The zero-order valence-corrected chi connectivity index (χ0v) is 11.9. The molecule has 1 heterocycles. The van der Waals surface area contributed by atoms with Crippen molar-refractivity contribution in [3.05, 3.63) is 77.3 Å². The molecule has 0 amide bonds. The van der Waals surface area contributed by atoms with Gasteiger partial charge >= 0.3 is 0 Å². The summed E-state index contributed by atoms with van der Waals surface area (Å²) in [5, 5.41) is 7.48. The van der Waals surface area contributed by atoms with E-state index in [-0.39, 0.29) is 10.8 Å². The molecule has 3 aromatic rings. The predicted octanol–water partition coefficient (Wildman–Crippen LogP) is 4.28. The van der Waals surface area contributed by atoms with Gasteiger partial charge < -0.3 is 5.32 Å². The van der Waals surface area contributed by atoms with Crippen LogP contribution in [0.2, 0.25) is 5.02 Å². The molecule has 0 aliphatic heterocycles. The van der Waals surface area contributed by atoms with E-state index in [1.165, 1.54) is 0 Å². The minimum atomic E-state index is -0.375. The average molecular weight is 302 g/mol. The van der Waals surface area contributed by atoms with Crippen LogP contribution in [0.25, 0.3) is 5.69 Å². The number of nitrogens with one attached hydrogen (secondary N) is 1. The number of rotatable bonds is 4. The second-order valence-electron chi connectivity index (χ2n) is 4.56. The first-order valence-electron chi connectivity index (χ1n) is 6.51. The Kier molecular flexibility index (Phi) is 3.88. The fraction of sp³-hybridized carbons (Fsp3) is 0.0625. The molecule has 0 unspecified atom stereocenters. The summed E-state index contributed by atoms with van der Waals surface area (Å²) in [5.41, 5.74) is 2.42. The molecule has 5 heteroatoms. The third-order valence-electron chi connectivity index (χ3n) is 3.15. The van der Waals surface area contributed by atoms with Crippen molar-refractivity contribution in [2.75, 3.05) is 5.32 Å². The summed E-state index contributed by atoms with van der Waals surface area (Å²) in [6, 6.07) is 14.6. The van der Waals surface area contributed by atoms with Crippen molar-refractivity contribution < 1.29 is 4.39 Å². The maximum absolute atomic E-state index is 13.8. The van der Waals surface area contributed by atoms with E-state index in [0.29, 0.717) is 12.1 Å². The number of halogens is 2. The van der Waals surface area contributed by atoms with Crippen LogP contribution in [-0.4, -0.2) is 9.78 Å². The molecule has 2 aromatic carbocycles. The quantitative estimate of drug-likeness (QED) is 0.779. The number of nitrogens with zero attached hydrogens (tertiary/aromatic N) is 2. The Bertz CT molecular complexity index is 724. The largest absolute Gasteiger partial charge is 0.381 e. The smallest absolute Gasteiger partial charge is 0.146 e. The highest BCUT2D eigenvalue weighted by atomic mass is 35.5. The Morgan fingerprint density at radius 1 is 1.10 bits per heavy atom. The minimum Gasteiger partial charge on any atom is -0.381 e. The van der Waals surface area contributed by atoms with E-state index in [1.807, 2.05) is 36.5 Å². The van der Waals surface area contributed by atoms with Gasteiger partial charge in [-0.05, 0) is 36.4 Å². The third-order valence-corrected chi connectivity index (χ3v) is 3.44. The molecular formula is C16H13ClFN3. The van der Waals surface area contributed by atoms with Crippen molar-refractivity contribution in [3.8, 4) is 5.69 Å². The normalized spacial score (nSPS) is 10.6. The lowest BCUT2D eigenvalue weighted by molar-refractivity contribution is 0.613. The van der Waals surface area contributed by atoms with Crippen molar-refractivity contribution in [3.63, 3.8) is 0 Å². The Hall–Kier alpha value is -2.33. The van der Waals surface area contributed by atoms with Gasteiger partial charge in [0.1, 0.15) is 5.82 Å². The highest BCUT2D eigenvalue weighted by Crippen LogP contribution is 2.19. The second kappa shape index (κ2) is 5.97. The van der Waals surface area contributed by atoms with E-state index < -0.39 is 0 Å². The summed E-state index contributed by atoms with van der Waals surface area (Å²) >= 11 is 5.76. The summed E-state index contributed by atoms with van der Waals surface area (Å²) < 4.78 is 15.5. The van der Waals surface area contributed by atoms with Crippen LogP contribution in [0.3, 0.4) is 0 Å². The number of hydrogen-bond acceptors (Lipinski definition) is 2. The number of aromatic nitrogens is 2. The van der Waals surface area contributed by atoms with E-state index in [0.717, 1.165) is 11.4 Å². The van der Waals surface area contributed by atoms with Crippen LogP contribution in [0.4, 0.5) is 10.1 Å². The van der Waals surface area contributed by atoms with Crippen molar-refractivity contribution >= 4 is 17.3 Å². The zero-order valence-electron chi connectivity index (χ0n) is 11.1. The molecule has 0 aliphatic carbocycles. The molecule has 0 saturated carbocycles. The van der Waals surface area contributed by atoms with Crippen LogP contribution in [0.15, 0.2) is 60.9 Å². The lowest BCUT2D eigenvalue weighted by Crippen LogP contribution is -2.02. The van der Waals surface area contributed by atoms with E-state index in [4.69, 9.17) is 11.6 Å². The standard InChI is InChI=1S/C16H13ClFN3/c17-15-4-1-3-12(16(15)18)11-19-13-5-7-14(8-6-13)21-10-2-9-20-21/h1-10,19H,11H2. The second-order valence-corrected chi connectivity index (χ2v) is 4.97. The first-order chi connectivity index (χ1) is 10.2. The molecule has 0 aliphatic rings. The van der Waals surface area contributed by atoms with E-state index in [9.17, 15) is 4.39 Å². The van der Waals surface area contributed by atoms with Gasteiger partial charge in [0.25, 0.3) is 0 Å². The number of benzene rings is 2. The Balaban J connectivity index is 1.70. The van der Waals surface area contributed by atoms with Crippen LogP contribution in [0.5, 0.6) is 0 Å². The molecule has 0 spiro atoms. The van der Waals surface area contributed by atoms with Crippen LogP contribution in [-0.2, 0) is 6.54 Å². The molecular weight excluding hydrogens is 289 g/mol. The topological polar surface area (TPSA) is 29.9 Å². The fourth-order valence-electron chi connectivity index (χ4n) is 2.04. The minimum absolute atomic E-state index is 0.142. The van der Waals surface area contributed by atoms with Crippen molar-refractivity contribution in [1.82, 2.24) is 9.78 Å². The molecule has 0 bridgehead atoms. The summed E-state index contributed by atoms with van der Waals surface area (Å²) in [5.74, 6) is -0.375. The average Bonchev–Trinajstić information content (AvgIpc) is 3.04. The fourth-order valence-corrected chi connectivity index (χ4v) is 2.23. The summed E-state index contributed by atoms with van der Waals surface area (Å²) in [6.07, 6.45) is 3.61. The molecule has 0 atom stereocenters. The van der Waals surface area contributed by atoms with Gasteiger partial charge in [0, 0.05) is 30.2 Å². The lowest BCUT2D eigenvalue weighted by Gasteiger charge is -2.09. The summed E-state index contributed by atoms with van der Waals surface area (Å²) in [7, 11) is 0. The predicted molar refractivity (Wildman–Crippen MR) is 82.3 cm³/mol. The van der Waals surface area contributed by atoms with Crippen LogP contribution >= 0.6 is 11.6 Å². The molecule has 3 rings (SSSR count). The lowest BCUT2D eigenvalue weighted by atomic mass is 10.2. The van der Waals surface area contributed by atoms with Gasteiger partial charge in [-0.2, -0.15) is 5.10 Å². The highest BCUT2D eigenvalue weighted by Gasteiger charge is 2.05. The van der Waals surface area contributed by atoms with Gasteiger partial charge in [0.2, 0.25) is 0 Å². The molecule has 3 nitrogen and oxygen atoms in total. The van der Waals surface area contributed by atoms with Crippen molar-refractivity contribution in [2.24, 2.45) is 0 Å². The van der Waals surface area contributed by atoms with Crippen molar-refractivity contribution in [1.29, 1.82) is 0 Å². The zero-order chi connectivity index (χ0) is 14.7. The molecule has 21 heavy (non-hydrogen) atoms.